The molecule has 0 bridgehead atoms. The molecule has 1 aromatic heterocycles. The predicted octanol–water partition coefficient (Wildman–Crippen LogP) is 2.84. The van der Waals surface area contributed by atoms with Gasteiger partial charge in [0.2, 0.25) is 0 Å². The number of nitrogens with zero attached hydrogens (tertiary/aromatic N) is 3. The van der Waals surface area contributed by atoms with E-state index in [9.17, 15) is 5.26 Å². The fourth-order valence-electron chi connectivity index (χ4n) is 3.16. The third-order valence-corrected chi connectivity index (χ3v) is 4.41. The SMILES string of the molecule is CCC1CCC(Nc2c(C#N)c(C)nn2C)C1C. The molecule has 2 rings (SSSR count). The largest absolute Gasteiger partial charge is 0.366 e. The zero-order valence-electron chi connectivity index (χ0n) is 11.7. The maximum absolute atomic E-state index is 9.21. The van der Waals surface area contributed by atoms with E-state index in [0.29, 0.717) is 17.5 Å². The minimum absolute atomic E-state index is 0.469. The fourth-order valence-corrected chi connectivity index (χ4v) is 3.16. The number of nitriles is 1. The van der Waals surface area contributed by atoms with Crippen LogP contribution in [0.15, 0.2) is 0 Å². The number of hydrogen-bond donors (Lipinski definition) is 1. The molecule has 1 aromatic rings. The van der Waals surface area contributed by atoms with Crippen LogP contribution in [0.1, 0.15) is 44.4 Å². The Kier molecular flexibility index (Phi) is 3.60. The summed E-state index contributed by atoms with van der Waals surface area (Å²) in [6.07, 6.45) is 3.72. The Bertz CT molecular complexity index is 469. The minimum atomic E-state index is 0.469. The van der Waals surface area contributed by atoms with Gasteiger partial charge in [0.15, 0.2) is 0 Å². The van der Waals surface area contributed by atoms with Gasteiger partial charge >= 0.3 is 0 Å². The first-order valence-electron chi connectivity index (χ1n) is 6.78. The highest BCUT2D eigenvalue weighted by Gasteiger charge is 2.32. The summed E-state index contributed by atoms with van der Waals surface area (Å²) in [5.41, 5.74) is 1.49. The zero-order valence-corrected chi connectivity index (χ0v) is 11.7. The average molecular weight is 246 g/mol. The molecule has 1 aliphatic rings. The lowest BCUT2D eigenvalue weighted by atomic mass is 9.93. The molecule has 0 radical (unpaired) electrons. The topological polar surface area (TPSA) is 53.6 Å². The molecule has 4 nitrogen and oxygen atoms in total. The monoisotopic (exact) mass is 246 g/mol. The Morgan fingerprint density at radius 3 is 2.78 bits per heavy atom. The molecule has 4 heteroatoms. The van der Waals surface area contributed by atoms with Crippen molar-refractivity contribution < 1.29 is 0 Å². The summed E-state index contributed by atoms with van der Waals surface area (Å²) < 4.78 is 1.79. The molecule has 3 atom stereocenters. The molecule has 0 aliphatic heterocycles. The summed E-state index contributed by atoms with van der Waals surface area (Å²) in [6, 6.07) is 2.72. The number of nitrogens with one attached hydrogen (secondary N) is 1. The highest BCUT2D eigenvalue weighted by atomic mass is 15.3. The second kappa shape index (κ2) is 5.01. The Morgan fingerprint density at radius 2 is 2.22 bits per heavy atom. The maximum Gasteiger partial charge on any atom is 0.142 e. The van der Waals surface area contributed by atoms with E-state index in [1.165, 1.54) is 19.3 Å². The van der Waals surface area contributed by atoms with E-state index in [-0.39, 0.29) is 0 Å². The van der Waals surface area contributed by atoms with Crippen molar-refractivity contribution in [3.05, 3.63) is 11.3 Å². The third-order valence-electron chi connectivity index (χ3n) is 4.41. The molecule has 1 heterocycles. The molecule has 1 fully saturated rings. The van der Waals surface area contributed by atoms with Crippen LogP contribution in [-0.2, 0) is 7.05 Å². The van der Waals surface area contributed by atoms with Crippen molar-refractivity contribution in [1.29, 1.82) is 5.26 Å². The second-order valence-corrected chi connectivity index (χ2v) is 5.40. The Morgan fingerprint density at radius 1 is 1.50 bits per heavy atom. The van der Waals surface area contributed by atoms with Gasteiger partial charge < -0.3 is 5.32 Å². The lowest BCUT2D eigenvalue weighted by Crippen LogP contribution is -2.26. The van der Waals surface area contributed by atoms with E-state index in [1.54, 1.807) is 4.68 Å². The van der Waals surface area contributed by atoms with Gasteiger partial charge in [0.1, 0.15) is 17.5 Å². The van der Waals surface area contributed by atoms with Gasteiger partial charge in [0, 0.05) is 13.1 Å². The summed E-state index contributed by atoms with van der Waals surface area (Å²) in [4.78, 5) is 0. The molecular formula is C14H22N4. The van der Waals surface area contributed by atoms with Gasteiger partial charge in [0.05, 0.1) is 5.69 Å². The Balaban J connectivity index is 2.18. The molecule has 98 valence electrons. The summed E-state index contributed by atoms with van der Waals surface area (Å²) in [5, 5.41) is 17.1. The smallest absolute Gasteiger partial charge is 0.142 e. The molecule has 1 aliphatic carbocycles. The van der Waals surface area contributed by atoms with Crippen LogP contribution < -0.4 is 5.32 Å². The number of hydrogen-bond acceptors (Lipinski definition) is 3. The van der Waals surface area contributed by atoms with Crippen molar-refractivity contribution >= 4 is 5.82 Å². The van der Waals surface area contributed by atoms with E-state index in [2.05, 4.69) is 30.3 Å². The number of aryl methyl sites for hydroxylation is 2. The third kappa shape index (κ3) is 2.10. The van der Waals surface area contributed by atoms with Crippen molar-refractivity contribution in [1.82, 2.24) is 9.78 Å². The van der Waals surface area contributed by atoms with Gasteiger partial charge in [-0.1, -0.05) is 20.3 Å². The van der Waals surface area contributed by atoms with Crippen molar-refractivity contribution in [2.24, 2.45) is 18.9 Å². The molecule has 0 aromatic carbocycles. The average Bonchev–Trinajstić information content (AvgIpc) is 2.82. The first kappa shape index (κ1) is 12.9. The van der Waals surface area contributed by atoms with Gasteiger partial charge in [-0.3, -0.25) is 4.68 Å². The standard InChI is InChI=1S/C14H22N4/c1-5-11-6-7-13(9(11)2)16-14-12(8-15)10(3)17-18(14)4/h9,11,13,16H,5-7H2,1-4H3. The molecule has 1 N–H and O–H groups in total. The van der Waals surface area contributed by atoms with Gasteiger partial charge in [-0.25, -0.2) is 0 Å². The van der Waals surface area contributed by atoms with Crippen LogP contribution in [0.2, 0.25) is 0 Å². The summed E-state index contributed by atoms with van der Waals surface area (Å²) in [6.45, 7) is 6.46. The lowest BCUT2D eigenvalue weighted by Gasteiger charge is -2.22. The molecule has 3 unspecified atom stereocenters. The summed E-state index contributed by atoms with van der Waals surface area (Å²) in [5.74, 6) is 2.35. The fraction of sp³-hybridized carbons (Fsp3) is 0.714. The van der Waals surface area contributed by atoms with Gasteiger partial charge in [-0.2, -0.15) is 10.4 Å². The maximum atomic E-state index is 9.21. The highest BCUT2D eigenvalue weighted by molar-refractivity contribution is 5.55. The summed E-state index contributed by atoms with van der Waals surface area (Å²) in [7, 11) is 1.90. The Hall–Kier alpha value is -1.50. The van der Waals surface area contributed by atoms with Crippen LogP contribution >= 0.6 is 0 Å². The second-order valence-electron chi connectivity index (χ2n) is 5.40. The lowest BCUT2D eigenvalue weighted by molar-refractivity contribution is 0.391. The van der Waals surface area contributed by atoms with Gasteiger partial charge in [-0.15, -0.1) is 0 Å². The van der Waals surface area contributed by atoms with Crippen LogP contribution in [0.25, 0.3) is 0 Å². The van der Waals surface area contributed by atoms with E-state index in [4.69, 9.17) is 0 Å². The van der Waals surface area contributed by atoms with Crippen molar-refractivity contribution in [3.63, 3.8) is 0 Å². The van der Waals surface area contributed by atoms with Crippen LogP contribution in [0.4, 0.5) is 5.82 Å². The number of rotatable bonds is 3. The normalized spacial score (nSPS) is 27.2. The number of aromatic nitrogens is 2. The quantitative estimate of drug-likeness (QED) is 0.892. The van der Waals surface area contributed by atoms with Crippen molar-refractivity contribution in [2.45, 2.75) is 46.1 Å². The Labute approximate surface area is 109 Å². The molecule has 1 saturated carbocycles. The van der Waals surface area contributed by atoms with Crippen LogP contribution in [0, 0.1) is 30.1 Å². The van der Waals surface area contributed by atoms with Crippen LogP contribution in [0.3, 0.4) is 0 Å². The first-order valence-corrected chi connectivity index (χ1v) is 6.78. The number of anilines is 1. The molecule has 0 spiro atoms. The first-order chi connectivity index (χ1) is 8.58. The van der Waals surface area contributed by atoms with E-state index in [1.807, 2.05) is 14.0 Å². The van der Waals surface area contributed by atoms with Gasteiger partial charge in [-0.05, 0) is 31.6 Å². The van der Waals surface area contributed by atoms with Crippen LogP contribution in [-0.4, -0.2) is 15.8 Å². The highest BCUT2D eigenvalue weighted by Crippen LogP contribution is 2.36. The van der Waals surface area contributed by atoms with Crippen molar-refractivity contribution in [2.75, 3.05) is 5.32 Å². The predicted molar refractivity (Wildman–Crippen MR) is 72.2 cm³/mol. The van der Waals surface area contributed by atoms with E-state index < -0.39 is 0 Å². The molecule has 18 heavy (non-hydrogen) atoms. The van der Waals surface area contributed by atoms with E-state index in [0.717, 1.165) is 17.4 Å². The summed E-state index contributed by atoms with van der Waals surface area (Å²) >= 11 is 0. The molecule has 0 amide bonds. The zero-order chi connectivity index (χ0) is 13.3. The van der Waals surface area contributed by atoms with Gasteiger partial charge in [0.25, 0.3) is 0 Å². The van der Waals surface area contributed by atoms with Crippen molar-refractivity contribution in [3.8, 4) is 6.07 Å². The molecular weight excluding hydrogens is 224 g/mol. The van der Waals surface area contributed by atoms with Crippen LogP contribution in [0.5, 0.6) is 0 Å². The minimum Gasteiger partial charge on any atom is -0.366 e. The van der Waals surface area contributed by atoms with E-state index >= 15 is 0 Å². The molecule has 0 saturated heterocycles.